The molecule has 5 heterocycles. The Hall–Kier alpha value is -2.32. The largest absolute Gasteiger partial charge is 0.433 e. The van der Waals surface area contributed by atoms with Crippen molar-refractivity contribution in [2.24, 2.45) is 50.2 Å². The summed E-state index contributed by atoms with van der Waals surface area (Å²) in [5.41, 5.74) is -1.61. The van der Waals surface area contributed by atoms with Crippen molar-refractivity contribution in [1.82, 2.24) is 0 Å². The van der Waals surface area contributed by atoms with Gasteiger partial charge in [-0.3, -0.25) is 9.59 Å². The molecule has 516 valence electrons. The Morgan fingerprint density at radius 3 is 1.61 bits per heavy atom. The predicted octanol–water partition coefficient (Wildman–Crippen LogP) is -3.68. The summed E-state index contributed by atoms with van der Waals surface area (Å²) in [6.07, 6.45) is -35.3. The molecule has 29 heteroatoms. The average molecular weight is 1300 g/mol. The molecule has 0 bridgehead atoms. The summed E-state index contributed by atoms with van der Waals surface area (Å²) in [4.78, 5) is 26.9. The first-order valence-corrected chi connectivity index (χ1v) is 31.8. The van der Waals surface area contributed by atoms with Crippen LogP contribution < -0.4 is 0 Å². The van der Waals surface area contributed by atoms with Gasteiger partial charge in [0.15, 0.2) is 25.2 Å². The minimum atomic E-state index is -1.98. The molecule has 5 aliphatic heterocycles. The maximum absolute atomic E-state index is 15.3. The van der Waals surface area contributed by atoms with Crippen LogP contribution in [-0.4, -0.2) is 280 Å². The monoisotopic (exact) mass is 1290 g/mol. The van der Waals surface area contributed by atoms with E-state index >= 15 is 4.79 Å². The van der Waals surface area contributed by atoms with E-state index in [1.807, 2.05) is 0 Å². The SMILES string of the molecule is CC(=O)OC1OC(OC2C(CO)OC(OCC3OC(OC(=O)C45CCC(C)(C)CC4C4=CCC6C7(C)CCC(OC8OC(CO)C(O)C(O)C8OC8OC(CO)C(O)C(O)C8O)C(C)(C)C7CCC6(C)C4(C)CC5)C(O)C(O)C3O)C(O)C2O)C(O)C(O)C1O. The van der Waals surface area contributed by atoms with Gasteiger partial charge in [0.05, 0.1) is 37.9 Å². The van der Waals surface area contributed by atoms with Gasteiger partial charge in [-0.15, -0.1) is 0 Å². The highest BCUT2D eigenvalue weighted by Gasteiger charge is 2.70. The van der Waals surface area contributed by atoms with Crippen molar-refractivity contribution in [1.29, 1.82) is 0 Å². The highest BCUT2D eigenvalue weighted by atomic mass is 16.8. The minimum Gasteiger partial charge on any atom is -0.433 e. The molecule has 5 saturated heterocycles. The van der Waals surface area contributed by atoms with E-state index in [2.05, 4.69) is 54.5 Å². The van der Waals surface area contributed by atoms with Crippen molar-refractivity contribution in [3.63, 3.8) is 0 Å². The topological polar surface area (TPSA) is 459 Å². The highest BCUT2D eigenvalue weighted by Crippen LogP contribution is 2.76. The van der Waals surface area contributed by atoms with Gasteiger partial charge in [-0.25, -0.2) is 0 Å². The Morgan fingerprint density at radius 2 is 0.989 bits per heavy atom. The lowest BCUT2D eigenvalue weighted by atomic mass is 9.33. The van der Waals surface area contributed by atoms with Crippen molar-refractivity contribution in [3.8, 4) is 0 Å². The van der Waals surface area contributed by atoms with Crippen LogP contribution in [0, 0.1) is 50.2 Å². The third kappa shape index (κ3) is 12.1. The van der Waals surface area contributed by atoms with Crippen molar-refractivity contribution in [2.45, 2.75) is 279 Å². The number of ether oxygens (including phenoxy) is 11. The van der Waals surface area contributed by atoms with Gasteiger partial charge in [0, 0.05) is 6.92 Å². The number of allylic oxidation sites excluding steroid dienone is 2. The summed E-state index contributed by atoms with van der Waals surface area (Å²) in [5, 5.41) is 172. The zero-order valence-corrected chi connectivity index (χ0v) is 52.2. The number of carbonyl (C=O) groups is 2. The number of hydrogen-bond acceptors (Lipinski definition) is 29. The second-order valence-corrected chi connectivity index (χ2v) is 29.4. The molecule has 5 aliphatic carbocycles. The summed E-state index contributed by atoms with van der Waals surface area (Å²) >= 11 is 0. The first-order valence-electron chi connectivity index (χ1n) is 31.8. The Bertz CT molecular complexity index is 2540. The van der Waals surface area contributed by atoms with Crippen molar-refractivity contribution < 1.29 is 143 Å². The Morgan fingerprint density at radius 1 is 0.489 bits per heavy atom. The number of aliphatic hydroxyl groups is 16. The number of aliphatic hydroxyl groups excluding tert-OH is 16. The summed E-state index contributed by atoms with van der Waals surface area (Å²) in [5.74, 6) is -1.63. The Kier molecular flexibility index (Phi) is 20.6. The zero-order valence-electron chi connectivity index (χ0n) is 52.2. The molecule has 0 amide bonds. The van der Waals surface area contributed by atoms with Crippen LogP contribution in [0.5, 0.6) is 0 Å². The van der Waals surface area contributed by atoms with E-state index in [1.165, 1.54) is 5.57 Å². The fourth-order valence-corrected chi connectivity index (χ4v) is 17.9. The second kappa shape index (κ2) is 26.3. The molecular weight excluding hydrogens is 1200 g/mol. The van der Waals surface area contributed by atoms with Gasteiger partial charge in [-0.1, -0.05) is 60.1 Å². The molecule has 16 N–H and O–H groups in total. The first kappa shape index (κ1) is 70.5. The van der Waals surface area contributed by atoms with Crippen LogP contribution >= 0.6 is 0 Å². The molecule has 0 aromatic heterocycles. The molecule has 10 rings (SSSR count). The van der Waals surface area contributed by atoms with Gasteiger partial charge in [0.1, 0.15) is 116 Å². The van der Waals surface area contributed by atoms with Crippen molar-refractivity contribution >= 4 is 11.9 Å². The van der Waals surface area contributed by atoms with E-state index < -0.39 is 214 Å². The third-order valence-corrected chi connectivity index (χ3v) is 23.5. The van der Waals surface area contributed by atoms with Gasteiger partial charge in [0.2, 0.25) is 12.6 Å². The van der Waals surface area contributed by atoms with Gasteiger partial charge >= 0.3 is 11.9 Å². The number of fused-ring (bicyclic) bond motifs is 7. The van der Waals surface area contributed by atoms with E-state index in [4.69, 9.17) is 52.1 Å². The predicted molar refractivity (Wildman–Crippen MR) is 300 cm³/mol. The standard InChI is InChI=1S/C61H98O29/c1-24(65)81-50-44(76)39(71)45(77)53(89-50)87-47-29(22-64)84-49(46(78)41(47)73)80-23-30-36(68)38(70)43(75)52(85-30)90-55(79)61-17-15-56(2,3)19-26(61)25-9-10-32-58(6)13-12-33(57(4,5)31(58)11-14-60(32,8)59(25,7)16-18-61)86-54-48(40(72)35(67)28(21-63)83-54)88-51-42(74)37(69)34(66)27(20-62)82-51/h9,26-54,62-64,66-78H,10-23H2,1-8H3. The van der Waals surface area contributed by atoms with Gasteiger partial charge in [-0.05, 0) is 109 Å². The number of rotatable bonds is 15. The molecule has 0 radical (unpaired) electrons. The first-order chi connectivity index (χ1) is 42.1. The number of carbonyl (C=O) groups excluding carboxylic acids is 2. The normalized spacial score (nSPS) is 52.5. The number of esters is 2. The van der Waals surface area contributed by atoms with Crippen LogP contribution in [0.25, 0.3) is 0 Å². The maximum Gasteiger partial charge on any atom is 0.315 e. The van der Waals surface area contributed by atoms with Crippen LogP contribution in [0.1, 0.15) is 120 Å². The average Bonchev–Trinajstić information content (AvgIpc) is 1.25. The zero-order chi connectivity index (χ0) is 65.9. The van der Waals surface area contributed by atoms with E-state index in [-0.39, 0.29) is 34.0 Å². The van der Waals surface area contributed by atoms with Crippen LogP contribution in [0.2, 0.25) is 0 Å². The second-order valence-electron chi connectivity index (χ2n) is 29.4. The Balaban J connectivity index is 0.826. The maximum atomic E-state index is 15.3. The van der Waals surface area contributed by atoms with Crippen molar-refractivity contribution in [3.05, 3.63) is 11.6 Å². The summed E-state index contributed by atoms with van der Waals surface area (Å²) < 4.78 is 64.2. The molecule has 90 heavy (non-hydrogen) atoms. The molecule has 0 aromatic carbocycles. The van der Waals surface area contributed by atoms with E-state index in [9.17, 15) is 86.5 Å². The summed E-state index contributed by atoms with van der Waals surface area (Å²) in [6, 6.07) is 0. The van der Waals surface area contributed by atoms with E-state index in [0.29, 0.717) is 51.4 Å². The Labute approximate surface area is 521 Å². The molecule has 9 fully saturated rings. The quantitative estimate of drug-likeness (QED) is 0.0426. The smallest absolute Gasteiger partial charge is 0.315 e. The van der Waals surface area contributed by atoms with Crippen LogP contribution in [0.4, 0.5) is 0 Å². The molecular formula is C61H98O29. The fraction of sp³-hybridized carbons (Fsp3) is 0.934. The molecule has 0 aromatic rings. The molecule has 29 nitrogen and oxygen atoms in total. The molecule has 4 saturated carbocycles. The van der Waals surface area contributed by atoms with Crippen LogP contribution in [0.15, 0.2) is 11.6 Å². The summed E-state index contributed by atoms with van der Waals surface area (Å²) in [6.45, 7) is 13.7. The molecule has 33 unspecified atom stereocenters. The lowest BCUT2D eigenvalue weighted by Gasteiger charge is -2.71. The third-order valence-electron chi connectivity index (χ3n) is 23.5. The number of hydrogen-bond donors (Lipinski definition) is 16. The lowest BCUT2D eigenvalue weighted by Crippen LogP contribution is -2.67. The van der Waals surface area contributed by atoms with E-state index in [1.54, 1.807) is 0 Å². The van der Waals surface area contributed by atoms with Gasteiger partial charge in [-0.2, -0.15) is 0 Å². The molecule has 33 atom stereocenters. The van der Waals surface area contributed by atoms with Crippen LogP contribution in [0.3, 0.4) is 0 Å². The highest BCUT2D eigenvalue weighted by molar-refractivity contribution is 5.79. The fourth-order valence-electron chi connectivity index (χ4n) is 17.9. The van der Waals surface area contributed by atoms with Gasteiger partial charge < -0.3 is 134 Å². The van der Waals surface area contributed by atoms with Crippen molar-refractivity contribution in [2.75, 3.05) is 26.4 Å². The van der Waals surface area contributed by atoms with Gasteiger partial charge in [0.25, 0.3) is 0 Å². The van der Waals surface area contributed by atoms with Crippen LogP contribution in [-0.2, 0) is 61.7 Å². The van der Waals surface area contributed by atoms with E-state index in [0.717, 1.165) is 19.8 Å². The minimum absolute atomic E-state index is 0.0715. The lowest BCUT2D eigenvalue weighted by molar-refractivity contribution is -0.380. The molecule has 10 aliphatic rings. The molecule has 0 spiro atoms. The summed E-state index contributed by atoms with van der Waals surface area (Å²) in [7, 11) is 0.